The van der Waals surface area contributed by atoms with E-state index in [9.17, 15) is 0 Å². The summed E-state index contributed by atoms with van der Waals surface area (Å²) in [4.78, 5) is 5.14. The number of benzene rings is 1. The molecule has 1 aromatic carbocycles. The molecule has 0 spiro atoms. The Hall–Kier alpha value is -0.420. The third-order valence-corrected chi connectivity index (χ3v) is 2.49. The van der Waals surface area contributed by atoms with Gasteiger partial charge in [0.2, 0.25) is 0 Å². The fourth-order valence-electron chi connectivity index (χ4n) is 0.968. The first-order valence-electron chi connectivity index (χ1n) is 4.41. The summed E-state index contributed by atoms with van der Waals surface area (Å²) < 4.78 is 5.93. The Morgan fingerprint density at radius 1 is 1.29 bits per heavy atom. The second-order valence-electron chi connectivity index (χ2n) is 2.75. The summed E-state index contributed by atoms with van der Waals surface area (Å²) in [6, 6.07) is 8.03. The second kappa shape index (κ2) is 6.95. The second-order valence-corrected chi connectivity index (χ2v) is 3.61. The summed E-state index contributed by atoms with van der Waals surface area (Å²) in [5.41, 5.74) is 4.04. The van der Waals surface area contributed by atoms with Crippen LogP contribution >= 0.6 is 15.9 Å². The largest absolute Gasteiger partial charge is 0.382 e. The van der Waals surface area contributed by atoms with Crippen molar-refractivity contribution < 1.29 is 9.57 Å². The van der Waals surface area contributed by atoms with Gasteiger partial charge in [0.15, 0.2) is 0 Å². The minimum absolute atomic E-state index is 0.557. The molecule has 0 fully saturated rings. The SMILES string of the molecule is COCCONCc1ccccc1Br. The highest BCUT2D eigenvalue weighted by molar-refractivity contribution is 9.10. The number of hydrogen-bond donors (Lipinski definition) is 1. The molecule has 0 radical (unpaired) electrons. The molecule has 0 aliphatic heterocycles. The molecule has 0 saturated carbocycles. The Morgan fingerprint density at radius 2 is 2.07 bits per heavy atom. The van der Waals surface area contributed by atoms with Crippen molar-refractivity contribution in [1.82, 2.24) is 5.48 Å². The van der Waals surface area contributed by atoms with E-state index in [1.165, 1.54) is 5.56 Å². The molecule has 14 heavy (non-hydrogen) atoms. The maximum Gasteiger partial charge on any atom is 0.0916 e. The van der Waals surface area contributed by atoms with E-state index >= 15 is 0 Å². The van der Waals surface area contributed by atoms with Gasteiger partial charge in [-0.05, 0) is 11.6 Å². The van der Waals surface area contributed by atoms with Gasteiger partial charge in [-0.1, -0.05) is 34.1 Å². The summed E-state index contributed by atoms with van der Waals surface area (Å²) in [7, 11) is 1.65. The zero-order chi connectivity index (χ0) is 10.2. The first kappa shape index (κ1) is 11.7. The molecule has 1 aromatic rings. The molecule has 1 rings (SSSR count). The molecule has 0 aliphatic carbocycles. The van der Waals surface area contributed by atoms with E-state index in [0.29, 0.717) is 19.8 Å². The Morgan fingerprint density at radius 3 is 2.79 bits per heavy atom. The molecule has 0 saturated heterocycles. The van der Waals surface area contributed by atoms with Gasteiger partial charge in [0, 0.05) is 18.1 Å². The fourth-order valence-corrected chi connectivity index (χ4v) is 1.39. The number of hydroxylamine groups is 1. The minimum Gasteiger partial charge on any atom is -0.382 e. The molecular weight excluding hydrogens is 246 g/mol. The molecule has 0 unspecified atom stereocenters. The third-order valence-electron chi connectivity index (χ3n) is 1.71. The van der Waals surface area contributed by atoms with Crippen molar-refractivity contribution in [3.63, 3.8) is 0 Å². The van der Waals surface area contributed by atoms with Crippen molar-refractivity contribution in [2.45, 2.75) is 6.54 Å². The van der Waals surface area contributed by atoms with Crippen molar-refractivity contribution in [2.24, 2.45) is 0 Å². The molecule has 3 nitrogen and oxygen atoms in total. The van der Waals surface area contributed by atoms with Crippen LogP contribution in [0.3, 0.4) is 0 Å². The number of hydrogen-bond acceptors (Lipinski definition) is 3. The van der Waals surface area contributed by atoms with Gasteiger partial charge in [0.05, 0.1) is 13.2 Å². The number of ether oxygens (including phenoxy) is 1. The van der Waals surface area contributed by atoms with Crippen molar-refractivity contribution in [2.75, 3.05) is 20.3 Å². The van der Waals surface area contributed by atoms with E-state index in [4.69, 9.17) is 9.57 Å². The van der Waals surface area contributed by atoms with Crippen molar-refractivity contribution in [3.8, 4) is 0 Å². The lowest BCUT2D eigenvalue weighted by molar-refractivity contribution is 0.00339. The quantitative estimate of drug-likeness (QED) is 0.627. The lowest BCUT2D eigenvalue weighted by Gasteiger charge is -2.06. The first-order chi connectivity index (χ1) is 6.84. The number of methoxy groups -OCH3 is 1. The summed E-state index contributed by atoms with van der Waals surface area (Å²) in [5, 5.41) is 0. The monoisotopic (exact) mass is 259 g/mol. The van der Waals surface area contributed by atoms with Gasteiger partial charge in [-0.15, -0.1) is 0 Å². The maximum absolute atomic E-state index is 5.14. The van der Waals surface area contributed by atoms with Crippen LogP contribution in [0.5, 0.6) is 0 Å². The van der Waals surface area contributed by atoms with Gasteiger partial charge in [-0.3, -0.25) is 4.84 Å². The van der Waals surface area contributed by atoms with Crippen molar-refractivity contribution in [3.05, 3.63) is 34.3 Å². The molecular formula is C10H14BrNO2. The Labute approximate surface area is 92.5 Å². The molecule has 78 valence electrons. The Bertz CT molecular complexity index is 268. The zero-order valence-electron chi connectivity index (χ0n) is 8.13. The van der Waals surface area contributed by atoms with Crippen LogP contribution in [0.4, 0.5) is 0 Å². The predicted octanol–water partition coefficient (Wildman–Crippen LogP) is 2.12. The van der Waals surface area contributed by atoms with Crippen LogP contribution in [0.25, 0.3) is 0 Å². The summed E-state index contributed by atoms with van der Waals surface area (Å²) in [6.07, 6.45) is 0. The van der Waals surface area contributed by atoms with E-state index in [2.05, 4.69) is 21.4 Å². The lowest BCUT2D eigenvalue weighted by Crippen LogP contribution is -2.17. The van der Waals surface area contributed by atoms with Crippen LogP contribution in [0.2, 0.25) is 0 Å². The normalized spacial score (nSPS) is 10.4. The number of rotatable bonds is 6. The topological polar surface area (TPSA) is 30.5 Å². The van der Waals surface area contributed by atoms with E-state index in [0.717, 1.165) is 4.47 Å². The van der Waals surface area contributed by atoms with Crippen LogP contribution in [0.15, 0.2) is 28.7 Å². The predicted molar refractivity (Wildman–Crippen MR) is 58.8 cm³/mol. The van der Waals surface area contributed by atoms with Crippen LogP contribution in [-0.2, 0) is 16.1 Å². The van der Waals surface area contributed by atoms with Crippen LogP contribution in [-0.4, -0.2) is 20.3 Å². The number of halogens is 1. The molecule has 4 heteroatoms. The molecule has 0 amide bonds. The lowest BCUT2D eigenvalue weighted by atomic mass is 10.2. The van der Waals surface area contributed by atoms with Crippen molar-refractivity contribution >= 4 is 15.9 Å². The zero-order valence-corrected chi connectivity index (χ0v) is 9.71. The summed E-state index contributed by atoms with van der Waals surface area (Å²) in [6.45, 7) is 1.84. The standard InChI is InChI=1S/C10H14BrNO2/c1-13-6-7-14-12-8-9-4-2-3-5-10(9)11/h2-5,12H,6-8H2,1H3. The molecule has 0 aromatic heterocycles. The Balaban J connectivity index is 2.21. The summed E-state index contributed by atoms with van der Waals surface area (Å²) in [5.74, 6) is 0. The van der Waals surface area contributed by atoms with Crippen molar-refractivity contribution in [1.29, 1.82) is 0 Å². The molecule has 0 aliphatic rings. The van der Waals surface area contributed by atoms with Crippen LogP contribution < -0.4 is 5.48 Å². The van der Waals surface area contributed by atoms with E-state index in [1.807, 2.05) is 24.3 Å². The van der Waals surface area contributed by atoms with Crippen LogP contribution in [0, 0.1) is 0 Å². The maximum atomic E-state index is 5.14. The van der Waals surface area contributed by atoms with Gasteiger partial charge in [0.25, 0.3) is 0 Å². The van der Waals surface area contributed by atoms with Gasteiger partial charge >= 0.3 is 0 Å². The molecule has 0 atom stereocenters. The highest BCUT2D eigenvalue weighted by Gasteiger charge is 1.96. The highest BCUT2D eigenvalue weighted by atomic mass is 79.9. The molecule has 1 N–H and O–H groups in total. The first-order valence-corrected chi connectivity index (χ1v) is 5.21. The van der Waals surface area contributed by atoms with E-state index in [1.54, 1.807) is 7.11 Å². The molecule has 0 heterocycles. The van der Waals surface area contributed by atoms with E-state index in [-0.39, 0.29) is 0 Å². The smallest absolute Gasteiger partial charge is 0.0916 e. The molecule has 0 bridgehead atoms. The van der Waals surface area contributed by atoms with Gasteiger partial charge in [-0.2, -0.15) is 5.48 Å². The van der Waals surface area contributed by atoms with Crippen LogP contribution in [0.1, 0.15) is 5.56 Å². The fraction of sp³-hybridized carbons (Fsp3) is 0.400. The van der Waals surface area contributed by atoms with E-state index < -0.39 is 0 Å². The van der Waals surface area contributed by atoms with Gasteiger partial charge in [-0.25, -0.2) is 0 Å². The summed E-state index contributed by atoms with van der Waals surface area (Å²) >= 11 is 3.46. The Kier molecular flexibility index (Phi) is 5.78. The minimum atomic E-state index is 0.557. The van der Waals surface area contributed by atoms with Gasteiger partial charge in [0.1, 0.15) is 0 Å². The average molecular weight is 260 g/mol. The average Bonchev–Trinajstić information content (AvgIpc) is 2.20. The third kappa shape index (κ3) is 4.19. The number of nitrogens with one attached hydrogen (secondary N) is 1. The van der Waals surface area contributed by atoms with Gasteiger partial charge < -0.3 is 4.74 Å². The highest BCUT2D eigenvalue weighted by Crippen LogP contribution is 2.14.